The summed E-state index contributed by atoms with van der Waals surface area (Å²) in [4.78, 5) is 4.67. The minimum atomic E-state index is 0.387. The van der Waals surface area contributed by atoms with Gasteiger partial charge in [-0.2, -0.15) is 0 Å². The zero-order valence-corrected chi connectivity index (χ0v) is 13.1. The molecular formula is C14H17BrN2S. The number of anilines is 1. The number of thiazole rings is 1. The van der Waals surface area contributed by atoms with Gasteiger partial charge in [-0.3, -0.25) is 0 Å². The number of fused-ring (bicyclic) bond motifs is 1. The van der Waals surface area contributed by atoms with Crippen molar-refractivity contribution in [3.05, 3.63) is 22.7 Å². The van der Waals surface area contributed by atoms with E-state index in [1.807, 2.05) is 6.07 Å². The highest BCUT2D eigenvalue weighted by Gasteiger charge is 2.34. The van der Waals surface area contributed by atoms with Crippen LogP contribution in [-0.4, -0.2) is 11.0 Å². The van der Waals surface area contributed by atoms with Gasteiger partial charge in [-0.1, -0.05) is 47.5 Å². The molecule has 1 N–H and O–H groups in total. The zero-order chi connectivity index (χ0) is 12.8. The molecule has 1 atom stereocenters. The van der Waals surface area contributed by atoms with Crippen LogP contribution in [0.1, 0.15) is 33.1 Å². The maximum absolute atomic E-state index is 4.67. The van der Waals surface area contributed by atoms with Gasteiger partial charge < -0.3 is 5.32 Å². The Morgan fingerprint density at radius 3 is 3.00 bits per heavy atom. The number of benzene rings is 1. The predicted octanol–water partition coefficient (Wildman–Crippen LogP) is 5.05. The summed E-state index contributed by atoms with van der Waals surface area (Å²) in [6, 6.07) is 6.81. The molecule has 96 valence electrons. The first-order chi connectivity index (χ1) is 8.54. The molecule has 3 rings (SSSR count). The molecule has 1 aromatic carbocycles. The molecule has 1 saturated carbocycles. The number of rotatable bonds is 2. The summed E-state index contributed by atoms with van der Waals surface area (Å²) in [5.74, 6) is 0. The van der Waals surface area contributed by atoms with E-state index >= 15 is 0 Å². The number of hydrogen-bond donors (Lipinski definition) is 1. The largest absolute Gasteiger partial charge is 0.358 e. The molecule has 0 amide bonds. The van der Waals surface area contributed by atoms with Crippen LogP contribution >= 0.6 is 27.3 Å². The number of nitrogens with zero attached hydrogens (tertiary/aromatic N) is 1. The van der Waals surface area contributed by atoms with E-state index in [-0.39, 0.29) is 0 Å². The Hall–Kier alpha value is -0.610. The minimum Gasteiger partial charge on any atom is -0.358 e. The monoisotopic (exact) mass is 324 g/mol. The number of aromatic nitrogens is 1. The van der Waals surface area contributed by atoms with Crippen LogP contribution in [0.5, 0.6) is 0 Å². The molecule has 1 unspecified atom stereocenters. The third kappa shape index (κ3) is 2.28. The van der Waals surface area contributed by atoms with Gasteiger partial charge in [-0.05, 0) is 36.5 Å². The SMILES string of the molecule is CC1(C)CCCC1Nc1nc2ccc(Br)cc2s1. The smallest absolute Gasteiger partial charge is 0.184 e. The highest BCUT2D eigenvalue weighted by atomic mass is 79.9. The number of halogens is 1. The van der Waals surface area contributed by atoms with Crippen molar-refractivity contribution in [2.75, 3.05) is 5.32 Å². The Kier molecular flexibility index (Phi) is 3.10. The third-order valence-electron chi connectivity index (χ3n) is 3.91. The highest BCUT2D eigenvalue weighted by Crippen LogP contribution is 2.40. The van der Waals surface area contributed by atoms with Crippen molar-refractivity contribution >= 4 is 42.6 Å². The van der Waals surface area contributed by atoms with Crippen LogP contribution < -0.4 is 5.32 Å². The van der Waals surface area contributed by atoms with E-state index in [0.29, 0.717) is 11.5 Å². The summed E-state index contributed by atoms with van der Waals surface area (Å²) >= 11 is 5.25. The van der Waals surface area contributed by atoms with Gasteiger partial charge in [0.2, 0.25) is 0 Å². The normalized spacial score (nSPS) is 22.5. The van der Waals surface area contributed by atoms with Crippen LogP contribution in [0, 0.1) is 5.41 Å². The third-order valence-corrected chi connectivity index (χ3v) is 5.35. The molecule has 1 heterocycles. The Labute approximate surface area is 120 Å². The van der Waals surface area contributed by atoms with Crippen LogP contribution in [-0.2, 0) is 0 Å². The Bertz CT molecular complexity index is 576. The van der Waals surface area contributed by atoms with Crippen LogP contribution in [0.2, 0.25) is 0 Å². The van der Waals surface area contributed by atoms with Crippen molar-refractivity contribution in [2.45, 2.75) is 39.2 Å². The first-order valence-corrected chi connectivity index (χ1v) is 7.98. The summed E-state index contributed by atoms with van der Waals surface area (Å²) in [7, 11) is 0. The fourth-order valence-corrected chi connectivity index (χ4v) is 4.17. The molecule has 0 saturated heterocycles. The summed E-state index contributed by atoms with van der Waals surface area (Å²) in [6.07, 6.45) is 3.88. The number of hydrogen-bond acceptors (Lipinski definition) is 3. The molecule has 2 nitrogen and oxygen atoms in total. The molecule has 4 heteroatoms. The van der Waals surface area contributed by atoms with Crippen molar-refractivity contribution in [3.8, 4) is 0 Å². The highest BCUT2D eigenvalue weighted by molar-refractivity contribution is 9.10. The van der Waals surface area contributed by atoms with Crippen molar-refractivity contribution in [1.82, 2.24) is 4.98 Å². The lowest BCUT2D eigenvalue weighted by Gasteiger charge is -2.27. The van der Waals surface area contributed by atoms with Crippen LogP contribution in [0.3, 0.4) is 0 Å². The van der Waals surface area contributed by atoms with E-state index in [2.05, 4.69) is 52.2 Å². The maximum atomic E-state index is 4.67. The van der Waals surface area contributed by atoms with Crippen molar-refractivity contribution in [2.24, 2.45) is 5.41 Å². The molecule has 0 bridgehead atoms. The van der Waals surface area contributed by atoms with Crippen LogP contribution in [0.15, 0.2) is 22.7 Å². The van der Waals surface area contributed by atoms with Crippen LogP contribution in [0.4, 0.5) is 5.13 Å². The Morgan fingerprint density at radius 2 is 2.28 bits per heavy atom. The predicted molar refractivity (Wildman–Crippen MR) is 82.4 cm³/mol. The van der Waals surface area contributed by atoms with Crippen molar-refractivity contribution in [3.63, 3.8) is 0 Å². The Morgan fingerprint density at radius 1 is 1.44 bits per heavy atom. The molecule has 1 aliphatic carbocycles. The second-order valence-electron chi connectivity index (χ2n) is 5.71. The van der Waals surface area contributed by atoms with Crippen molar-refractivity contribution < 1.29 is 0 Å². The number of nitrogens with one attached hydrogen (secondary N) is 1. The maximum Gasteiger partial charge on any atom is 0.184 e. The average Bonchev–Trinajstić information content (AvgIpc) is 2.82. The van der Waals surface area contributed by atoms with Gasteiger partial charge in [-0.25, -0.2) is 4.98 Å². The molecule has 1 fully saturated rings. The topological polar surface area (TPSA) is 24.9 Å². The standard InChI is InChI=1S/C14H17BrN2S/c1-14(2)7-3-4-12(14)17-13-16-10-6-5-9(15)8-11(10)18-13/h5-6,8,12H,3-4,7H2,1-2H3,(H,16,17). The molecule has 18 heavy (non-hydrogen) atoms. The van der Waals surface area contributed by atoms with E-state index in [0.717, 1.165) is 15.1 Å². The zero-order valence-electron chi connectivity index (χ0n) is 10.7. The first kappa shape index (κ1) is 12.4. The lowest BCUT2D eigenvalue weighted by atomic mass is 9.87. The summed E-state index contributed by atoms with van der Waals surface area (Å²) in [5.41, 5.74) is 1.47. The van der Waals surface area contributed by atoms with E-state index < -0.39 is 0 Å². The summed E-state index contributed by atoms with van der Waals surface area (Å²) in [5, 5.41) is 4.69. The second kappa shape index (κ2) is 4.49. The second-order valence-corrected chi connectivity index (χ2v) is 7.66. The lowest BCUT2D eigenvalue weighted by molar-refractivity contribution is 0.350. The molecule has 0 aliphatic heterocycles. The molecule has 0 spiro atoms. The quantitative estimate of drug-likeness (QED) is 0.836. The van der Waals surface area contributed by atoms with E-state index in [1.165, 1.54) is 24.0 Å². The van der Waals surface area contributed by atoms with Crippen molar-refractivity contribution in [1.29, 1.82) is 0 Å². The first-order valence-electron chi connectivity index (χ1n) is 6.37. The van der Waals surface area contributed by atoms with Gasteiger partial charge in [0.1, 0.15) is 0 Å². The van der Waals surface area contributed by atoms with Gasteiger partial charge >= 0.3 is 0 Å². The minimum absolute atomic E-state index is 0.387. The van der Waals surface area contributed by atoms with E-state index in [9.17, 15) is 0 Å². The molecule has 1 aromatic heterocycles. The van der Waals surface area contributed by atoms with Crippen LogP contribution in [0.25, 0.3) is 10.2 Å². The molecule has 2 aromatic rings. The van der Waals surface area contributed by atoms with Gasteiger partial charge in [0, 0.05) is 10.5 Å². The van der Waals surface area contributed by atoms with Gasteiger partial charge in [0.25, 0.3) is 0 Å². The van der Waals surface area contributed by atoms with E-state index in [1.54, 1.807) is 11.3 Å². The lowest BCUT2D eigenvalue weighted by Crippen LogP contribution is -2.30. The van der Waals surface area contributed by atoms with Gasteiger partial charge in [-0.15, -0.1) is 0 Å². The fraction of sp³-hybridized carbons (Fsp3) is 0.500. The molecule has 0 radical (unpaired) electrons. The fourth-order valence-electron chi connectivity index (χ4n) is 2.70. The molecule has 1 aliphatic rings. The summed E-state index contributed by atoms with van der Waals surface area (Å²) in [6.45, 7) is 4.70. The van der Waals surface area contributed by atoms with Gasteiger partial charge in [0.05, 0.1) is 10.2 Å². The van der Waals surface area contributed by atoms with E-state index in [4.69, 9.17) is 0 Å². The van der Waals surface area contributed by atoms with Gasteiger partial charge in [0.15, 0.2) is 5.13 Å². The Balaban J connectivity index is 1.87. The average molecular weight is 325 g/mol. The molecular weight excluding hydrogens is 308 g/mol. The summed E-state index contributed by atoms with van der Waals surface area (Å²) < 4.78 is 2.36.